The monoisotopic (exact) mass is 334 g/mol. The summed E-state index contributed by atoms with van der Waals surface area (Å²) >= 11 is 1.26. The zero-order valence-corrected chi connectivity index (χ0v) is 14.3. The van der Waals surface area contributed by atoms with Gasteiger partial charge in [0.25, 0.3) is 0 Å². The summed E-state index contributed by atoms with van der Waals surface area (Å²) in [6.45, 7) is 7.92. The molecule has 1 aliphatic rings. The Hall–Kier alpha value is -1.79. The molecule has 0 N–H and O–H groups in total. The van der Waals surface area contributed by atoms with Gasteiger partial charge >= 0.3 is 4.87 Å². The van der Waals surface area contributed by atoms with Gasteiger partial charge in [-0.3, -0.25) is 9.69 Å². The van der Waals surface area contributed by atoms with E-state index in [1.54, 1.807) is 0 Å². The van der Waals surface area contributed by atoms with E-state index in [4.69, 9.17) is 9.47 Å². The molecule has 124 valence electrons. The lowest BCUT2D eigenvalue weighted by Crippen LogP contribution is -2.42. The first kappa shape index (κ1) is 16.1. The van der Waals surface area contributed by atoms with Crippen LogP contribution >= 0.6 is 11.3 Å². The zero-order valence-electron chi connectivity index (χ0n) is 13.5. The SMILES string of the molecule is CCN(CCn1c(C)csc1=O)CC1COc2ccccc2O1. The van der Waals surface area contributed by atoms with Gasteiger partial charge in [0.2, 0.25) is 0 Å². The summed E-state index contributed by atoms with van der Waals surface area (Å²) in [6.07, 6.45) is 0.0187. The maximum absolute atomic E-state index is 11.8. The Morgan fingerprint density at radius 1 is 1.35 bits per heavy atom. The van der Waals surface area contributed by atoms with Gasteiger partial charge in [0.05, 0.1) is 0 Å². The predicted octanol–water partition coefficient (Wildman–Crippen LogP) is 2.38. The molecule has 0 saturated heterocycles. The third-order valence-electron chi connectivity index (χ3n) is 4.09. The van der Waals surface area contributed by atoms with Gasteiger partial charge < -0.3 is 14.0 Å². The number of rotatable bonds is 6. The van der Waals surface area contributed by atoms with E-state index < -0.39 is 0 Å². The van der Waals surface area contributed by atoms with E-state index in [-0.39, 0.29) is 11.0 Å². The molecule has 0 spiro atoms. The molecular formula is C17H22N2O3S. The molecular weight excluding hydrogens is 312 g/mol. The number of thiazole rings is 1. The number of hydrogen-bond donors (Lipinski definition) is 0. The molecule has 3 rings (SSSR count). The Bertz CT molecular complexity index is 710. The van der Waals surface area contributed by atoms with Crippen molar-refractivity contribution in [3.63, 3.8) is 0 Å². The summed E-state index contributed by atoms with van der Waals surface area (Å²) in [7, 11) is 0. The minimum absolute atomic E-state index is 0.0187. The van der Waals surface area contributed by atoms with Crippen LogP contribution in [0.15, 0.2) is 34.4 Å². The number of ether oxygens (including phenoxy) is 2. The molecule has 2 heterocycles. The smallest absolute Gasteiger partial charge is 0.307 e. The van der Waals surface area contributed by atoms with Crippen molar-refractivity contribution in [2.24, 2.45) is 0 Å². The lowest BCUT2D eigenvalue weighted by molar-refractivity contribution is 0.0591. The fraction of sp³-hybridized carbons (Fsp3) is 0.471. The second-order valence-corrected chi connectivity index (χ2v) is 6.51. The van der Waals surface area contributed by atoms with Gasteiger partial charge in [-0.2, -0.15) is 0 Å². The van der Waals surface area contributed by atoms with E-state index in [9.17, 15) is 4.79 Å². The van der Waals surface area contributed by atoms with E-state index in [2.05, 4.69) is 11.8 Å². The van der Waals surface area contributed by atoms with Gasteiger partial charge in [0.1, 0.15) is 12.7 Å². The third kappa shape index (κ3) is 3.76. The van der Waals surface area contributed by atoms with E-state index in [1.807, 2.05) is 41.1 Å². The number of aryl methyl sites for hydroxylation is 1. The number of nitrogens with zero attached hydrogens (tertiary/aromatic N) is 2. The Kier molecular flexibility index (Phi) is 5.03. The molecule has 23 heavy (non-hydrogen) atoms. The van der Waals surface area contributed by atoms with Crippen LogP contribution < -0.4 is 14.3 Å². The Morgan fingerprint density at radius 2 is 2.13 bits per heavy atom. The van der Waals surface area contributed by atoms with Gasteiger partial charge in [0, 0.05) is 30.7 Å². The van der Waals surface area contributed by atoms with Gasteiger partial charge in [0.15, 0.2) is 11.5 Å². The van der Waals surface area contributed by atoms with Crippen LogP contribution in [0.3, 0.4) is 0 Å². The van der Waals surface area contributed by atoms with Gasteiger partial charge in [-0.05, 0) is 25.6 Å². The average molecular weight is 334 g/mol. The summed E-state index contributed by atoms with van der Waals surface area (Å²) in [6, 6.07) is 7.76. The van der Waals surface area contributed by atoms with Crippen molar-refractivity contribution < 1.29 is 9.47 Å². The molecule has 0 amide bonds. The maximum atomic E-state index is 11.8. The van der Waals surface area contributed by atoms with E-state index >= 15 is 0 Å². The molecule has 0 fully saturated rings. The van der Waals surface area contributed by atoms with E-state index in [0.29, 0.717) is 13.2 Å². The highest BCUT2D eigenvalue weighted by molar-refractivity contribution is 7.07. The molecule has 0 aliphatic carbocycles. The first-order chi connectivity index (χ1) is 11.2. The van der Waals surface area contributed by atoms with Crippen LogP contribution in [0.4, 0.5) is 0 Å². The lowest BCUT2D eigenvalue weighted by atomic mass is 10.2. The molecule has 1 aromatic carbocycles. The molecule has 6 heteroatoms. The predicted molar refractivity (Wildman–Crippen MR) is 91.8 cm³/mol. The van der Waals surface area contributed by atoms with Crippen molar-refractivity contribution in [3.05, 3.63) is 45.0 Å². The fourth-order valence-electron chi connectivity index (χ4n) is 2.74. The van der Waals surface area contributed by atoms with Crippen molar-refractivity contribution >= 4 is 11.3 Å². The number of fused-ring (bicyclic) bond motifs is 1. The standard InChI is InChI=1S/C17H22N2O3S/c1-3-18(8-9-19-13(2)12-23-17(19)20)10-14-11-21-15-6-4-5-7-16(15)22-14/h4-7,12,14H,3,8-11H2,1-2H3. The van der Waals surface area contributed by atoms with Gasteiger partial charge in [-0.1, -0.05) is 30.4 Å². The number of para-hydroxylation sites is 2. The molecule has 1 aromatic heterocycles. The summed E-state index contributed by atoms with van der Waals surface area (Å²) < 4.78 is 13.6. The van der Waals surface area contributed by atoms with Crippen LogP contribution in [0.1, 0.15) is 12.6 Å². The van der Waals surface area contributed by atoms with Crippen LogP contribution in [-0.4, -0.2) is 41.8 Å². The van der Waals surface area contributed by atoms with Crippen molar-refractivity contribution in [1.29, 1.82) is 0 Å². The Balaban J connectivity index is 1.57. The Morgan fingerprint density at radius 3 is 2.83 bits per heavy atom. The van der Waals surface area contributed by atoms with Crippen molar-refractivity contribution in [2.45, 2.75) is 26.5 Å². The first-order valence-electron chi connectivity index (χ1n) is 7.93. The normalized spacial score (nSPS) is 16.7. The molecule has 5 nitrogen and oxygen atoms in total. The quantitative estimate of drug-likeness (QED) is 0.813. The average Bonchev–Trinajstić information content (AvgIpc) is 2.90. The second kappa shape index (κ2) is 7.19. The van der Waals surface area contributed by atoms with Crippen LogP contribution in [0.25, 0.3) is 0 Å². The van der Waals surface area contributed by atoms with Crippen LogP contribution in [-0.2, 0) is 6.54 Å². The van der Waals surface area contributed by atoms with E-state index in [1.165, 1.54) is 11.3 Å². The number of aromatic nitrogens is 1. The largest absolute Gasteiger partial charge is 0.486 e. The lowest BCUT2D eigenvalue weighted by Gasteiger charge is -2.30. The van der Waals surface area contributed by atoms with Gasteiger partial charge in [-0.15, -0.1) is 0 Å². The maximum Gasteiger partial charge on any atom is 0.307 e. The molecule has 0 bridgehead atoms. The summed E-state index contributed by atoms with van der Waals surface area (Å²) in [5.74, 6) is 1.62. The topological polar surface area (TPSA) is 43.7 Å². The zero-order chi connectivity index (χ0) is 16.2. The molecule has 1 atom stereocenters. The fourth-order valence-corrected chi connectivity index (χ4v) is 3.50. The third-order valence-corrected chi connectivity index (χ3v) is 4.97. The van der Waals surface area contributed by atoms with Gasteiger partial charge in [-0.25, -0.2) is 0 Å². The number of hydrogen-bond acceptors (Lipinski definition) is 5. The molecule has 0 saturated carbocycles. The molecule has 0 radical (unpaired) electrons. The molecule has 1 aliphatic heterocycles. The summed E-state index contributed by atoms with van der Waals surface area (Å²) in [4.78, 5) is 14.2. The van der Waals surface area contributed by atoms with Crippen LogP contribution in [0.2, 0.25) is 0 Å². The second-order valence-electron chi connectivity index (χ2n) is 5.69. The minimum atomic E-state index is 0.0187. The van der Waals surface area contributed by atoms with Crippen LogP contribution in [0, 0.1) is 6.92 Å². The highest BCUT2D eigenvalue weighted by Gasteiger charge is 2.22. The summed E-state index contributed by atoms with van der Waals surface area (Å²) in [5, 5.41) is 1.91. The minimum Gasteiger partial charge on any atom is -0.486 e. The highest BCUT2D eigenvalue weighted by atomic mass is 32.1. The van der Waals surface area contributed by atoms with Crippen molar-refractivity contribution in [3.8, 4) is 11.5 Å². The molecule has 2 aromatic rings. The van der Waals surface area contributed by atoms with Crippen LogP contribution in [0.5, 0.6) is 11.5 Å². The first-order valence-corrected chi connectivity index (χ1v) is 8.81. The summed E-state index contributed by atoms with van der Waals surface area (Å²) in [5.41, 5.74) is 1.03. The Labute approximate surface area is 140 Å². The van der Waals surface area contributed by atoms with Crippen molar-refractivity contribution in [2.75, 3.05) is 26.2 Å². The van der Waals surface area contributed by atoms with E-state index in [0.717, 1.165) is 36.8 Å². The number of likely N-dealkylation sites (N-methyl/N-ethyl adjacent to an activating group) is 1. The van der Waals surface area contributed by atoms with Crippen molar-refractivity contribution in [1.82, 2.24) is 9.47 Å². The number of benzene rings is 1. The highest BCUT2D eigenvalue weighted by Crippen LogP contribution is 2.30. The molecule has 1 unspecified atom stereocenters.